The molecule has 0 unspecified atom stereocenters. The van der Waals surface area contributed by atoms with Crippen molar-refractivity contribution in [1.82, 2.24) is 16.0 Å². The Bertz CT molecular complexity index is 411. The summed E-state index contributed by atoms with van der Waals surface area (Å²) in [5, 5.41) is 7.58. The lowest BCUT2D eigenvalue weighted by Crippen LogP contribution is -2.41. The van der Waals surface area contributed by atoms with E-state index in [-0.39, 0.29) is 12.8 Å². The topological polar surface area (TPSA) is 88.7 Å². The first-order valence-electron chi connectivity index (χ1n) is 6.32. The zero-order valence-corrected chi connectivity index (χ0v) is 11.3. The highest BCUT2D eigenvalue weighted by molar-refractivity contribution is 5.73. The van der Waals surface area contributed by atoms with Crippen molar-refractivity contribution in [2.24, 2.45) is 0 Å². The lowest BCUT2D eigenvalue weighted by Gasteiger charge is -2.09. The molecule has 0 spiro atoms. The Hall–Kier alpha value is -2.44. The summed E-state index contributed by atoms with van der Waals surface area (Å²) in [6.45, 7) is 2.71. The van der Waals surface area contributed by atoms with Crippen LogP contribution in [0.4, 0.5) is 9.59 Å². The molecule has 0 fully saturated rings. The molecule has 7 nitrogen and oxygen atoms in total. The summed E-state index contributed by atoms with van der Waals surface area (Å²) in [6.07, 6.45) is -0.498. The van der Waals surface area contributed by atoms with E-state index in [2.05, 4.69) is 20.7 Å². The van der Waals surface area contributed by atoms with Crippen LogP contribution in [0, 0.1) is 0 Å². The molecule has 1 aromatic rings. The average molecular weight is 281 g/mol. The van der Waals surface area contributed by atoms with Gasteiger partial charge in [0.15, 0.2) is 6.73 Å². The van der Waals surface area contributed by atoms with Crippen molar-refractivity contribution in [2.75, 3.05) is 26.4 Å². The van der Waals surface area contributed by atoms with Crippen molar-refractivity contribution in [2.45, 2.75) is 6.92 Å². The second-order valence-corrected chi connectivity index (χ2v) is 3.68. The predicted octanol–water partition coefficient (Wildman–Crippen LogP) is 1.07. The van der Waals surface area contributed by atoms with Gasteiger partial charge in [0.2, 0.25) is 0 Å². The van der Waals surface area contributed by atoms with Gasteiger partial charge in [-0.05, 0) is 19.1 Å². The van der Waals surface area contributed by atoms with E-state index in [0.717, 1.165) is 0 Å². The van der Waals surface area contributed by atoms with Gasteiger partial charge in [0.05, 0.1) is 6.61 Å². The van der Waals surface area contributed by atoms with Crippen LogP contribution in [0.3, 0.4) is 0 Å². The molecule has 1 aromatic carbocycles. The highest BCUT2D eigenvalue weighted by Gasteiger charge is 2.01. The summed E-state index contributed by atoms with van der Waals surface area (Å²) < 4.78 is 9.96. The average Bonchev–Trinajstić information content (AvgIpc) is 2.45. The van der Waals surface area contributed by atoms with Gasteiger partial charge >= 0.3 is 12.1 Å². The Morgan fingerprint density at radius 3 is 2.45 bits per heavy atom. The maximum absolute atomic E-state index is 11.4. The van der Waals surface area contributed by atoms with E-state index in [1.807, 2.05) is 18.2 Å². The molecular weight excluding hydrogens is 262 g/mol. The van der Waals surface area contributed by atoms with Gasteiger partial charge in [-0.2, -0.15) is 0 Å². The summed E-state index contributed by atoms with van der Waals surface area (Å²) >= 11 is 0. The van der Waals surface area contributed by atoms with Gasteiger partial charge in [0, 0.05) is 13.1 Å². The van der Waals surface area contributed by atoms with Crippen LogP contribution in [-0.4, -0.2) is 38.6 Å². The number of nitrogens with one attached hydrogen (secondary N) is 3. The van der Waals surface area contributed by atoms with Crippen molar-refractivity contribution in [3.63, 3.8) is 0 Å². The van der Waals surface area contributed by atoms with Crippen molar-refractivity contribution >= 4 is 12.1 Å². The van der Waals surface area contributed by atoms with Crippen molar-refractivity contribution in [3.8, 4) is 5.75 Å². The largest absolute Gasteiger partial charge is 0.473 e. The second-order valence-electron chi connectivity index (χ2n) is 3.68. The normalized spacial score (nSPS) is 9.45. The fourth-order valence-corrected chi connectivity index (χ4v) is 1.29. The van der Waals surface area contributed by atoms with E-state index in [9.17, 15) is 9.59 Å². The van der Waals surface area contributed by atoms with E-state index >= 15 is 0 Å². The third-order valence-corrected chi connectivity index (χ3v) is 2.17. The molecule has 0 saturated carbocycles. The lowest BCUT2D eigenvalue weighted by molar-refractivity contribution is 0.152. The molecule has 110 valence electrons. The van der Waals surface area contributed by atoms with Crippen LogP contribution in [0.25, 0.3) is 0 Å². The molecule has 0 aliphatic rings. The van der Waals surface area contributed by atoms with Gasteiger partial charge in [0.1, 0.15) is 5.75 Å². The Labute approximate surface area is 117 Å². The molecule has 0 aliphatic carbocycles. The van der Waals surface area contributed by atoms with Crippen molar-refractivity contribution in [1.29, 1.82) is 0 Å². The Morgan fingerprint density at radius 1 is 1.05 bits per heavy atom. The summed E-state index contributed by atoms with van der Waals surface area (Å²) in [5.41, 5.74) is 0. The number of hydrogen-bond acceptors (Lipinski definition) is 4. The number of amides is 3. The molecule has 20 heavy (non-hydrogen) atoms. The smallest absolute Gasteiger partial charge is 0.407 e. The molecule has 1 rings (SSSR count). The van der Waals surface area contributed by atoms with Gasteiger partial charge < -0.3 is 25.4 Å². The fourth-order valence-electron chi connectivity index (χ4n) is 1.29. The maximum Gasteiger partial charge on any atom is 0.407 e. The zero-order valence-electron chi connectivity index (χ0n) is 11.3. The van der Waals surface area contributed by atoms with Crippen LogP contribution in [0.1, 0.15) is 6.92 Å². The number of benzene rings is 1. The zero-order chi connectivity index (χ0) is 14.6. The van der Waals surface area contributed by atoms with Gasteiger partial charge in [-0.3, -0.25) is 0 Å². The monoisotopic (exact) mass is 281 g/mol. The SMILES string of the molecule is CCOC(=O)NCCNC(=O)NCOc1ccccc1. The highest BCUT2D eigenvalue weighted by Crippen LogP contribution is 2.06. The number of alkyl carbamates (subject to hydrolysis) is 1. The third-order valence-electron chi connectivity index (χ3n) is 2.17. The molecule has 0 atom stereocenters. The molecule has 3 amide bonds. The van der Waals surface area contributed by atoms with Crippen LogP contribution in [-0.2, 0) is 4.74 Å². The number of carbonyl (C=O) groups is 2. The van der Waals surface area contributed by atoms with Crippen LogP contribution >= 0.6 is 0 Å². The highest BCUT2D eigenvalue weighted by atomic mass is 16.5. The first kappa shape index (κ1) is 15.6. The van der Waals surface area contributed by atoms with E-state index < -0.39 is 6.09 Å². The number of hydrogen-bond donors (Lipinski definition) is 3. The summed E-state index contributed by atoms with van der Waals surface area (Å²) in [5.74, 6) is 0.678. The van der Waals surface area contributed by atoms with Gasteiger partial charge in [-0.1, -0.05) is 18.2 Å². The fraction of sp³-hybridized carbons (Fsp3) is 0.385. The number of para-hydroxylation sites is 1. The molecule has 0 bridgehead atoms. The van der Waals surface area contributed by atoms with Gasteiger partial charge in [-0.15, -0.1) is 0 Å². The third kappa shape index (κ3) is 7.10. The summed E-state index contributed by atoms with van der Waals surface area (Å²) in [4.78, 5) is 22.3. The molecule has 0 heterocycles. The molecule has 0 aromatic heterocycles. The van der Waals surface area contributed by atoms with E-state index in [0.29, 0.717) is 25.4 Å². The minimum atomic E-state index is -0.498. The van der Waals surface area contributed by atoms with E-state index in [1.165, 1.54) is 0 Å². The predicted molar refractivity (Wildman–Crippen MR) is 73.5 cm³/mol. The number of rotatable bonds is 7. The van der Waals surface area contributed by atoms with E-state index in [1.54, 1.807) is 19.1 Å². The van der Waals surface area contributed by atoms with E-state index in [4.69, 9.17) is 4.74 Å². The number of urea groups is 1. The number of ether oxygens (including phenoxy) is 2. The maximum atomic E-state index is 11.4. The van der Waals surface area contributed by atoms with Crippen LogP contribution < -0.4 is 20.7 Å². The standard InChI is InChI=1S/C13H19N3O4/c1-2-19-13(18)15-9-8-14-12(17)16-10-20-11-6-4-3-5-7-11/h3-7H,2,8-10H2,1H3,(H,15,18)(H2,14,16,17). The van der Waals surface area contributed by atoms with Crippen LogP contribution in [0.15, 0.2) is 30.3 Å². The lowest BCUT2D eigenvalue weighted by atomic mass is 10.3. The molecule has 0 radical (unpaired) electrons. The summed E-state index contributed by atoms with van der Waals surface area (Å²) in [6, 6.07) is 8.79. The van der Waals surface area contributed by atoms with Crippen molar-refractivity contribution < 1.29 is 19.1 Å². The molecule has 7 heteroatoms. The van der Waals surface area contributed by atoms with Crippen molar-refractivity contribution in [3.05, 3.63) is 30.3 Å². The minimum Gasteiger partial charge on any atom is -0.473 e. The first-order valence-corrected chi connectivity index (χ1v) is 6.32. The number of carbonyl (C=O) groups excluding carboxylic acids is 2. The minimum absolute atomic E-state index is 0.0706. The Morgan fingerprint density at radius 2 is 1.75 bits per heavy atom. The quantitative estimate of drug-likeness (QED) is 0.515. The Kier molecular flexibility index (Phi) is 7.41. The molecule has 0 saturated heterocycles. The molecule has 3 N–H and O–H groups in total. The second kappa shape index (κ2) is 9.48. The van der Waals surface area contributed by atoms with Gasteiger partial charge in [0.25, 0.3) is 0 Å². The summed E-state index contributed by atoms with van der Waals surface area (Å²) in [7, 11) is 0. The molecule has 0 aliphatic heterocycles. The molecular formula is C13H19N3O4. The van der Waals surface area contributed by atoms with Gasteiger partial charge in [-0.25, -0.2) is 9.59 Å². The first-order chi connectivity index (χ1) is 9.72. The van der Waals surface area contributed by atoms with Crippen LogP contribution in [0.2, 0.25) is 0 Å². The van der Waals surface area contributed by atoms with Crippen LogP contribution in [0.5, 0.6) is 5.75 Å². The Balaban J connectivity index is 2.02.